The summed E-state index contributed by atoms with van der Waals surface area (Å²) in [4.78, 5) is 24.6. The lowest BCUT2D eigenvalue weighted by Gasteiger charge is -2.24. The highest BCUT2D eigenvalue weighted by atomic mass is 16.6. The zero-order valence-corrected chi connectivity index (χ0v) is 19.1. The van der Waals surface area contributed by atoms with Crippen molar-refractivity contribution in [2.75, 3.05) is 6.54 Å². The van der Waals surface area contributed by atoms with Gasteiger partial charge >= 0.3 is 12.1 Å². The molecule has 1 N–H and O–H groups in total. The Bertz CT molecular complexity index is 861. The van der Waals surface area contributed by atoms with Crippen LogP contribution in [0.3, 0.4) is 0 Å². The molecule has 0 unspecified atom stereocenters. The van der Waals surface area contributed by atoms with Gasteiger partial charge in [-0.2, -0.15) is 0 Å². The molecular formula is C25H35NO4. The van der Waals surface area contributed by atoms with Gasteiger partial charge in [0.2, 0.25) is 0 Å². The average Bonchev–Trinajstić information content (AvgIpc) is 2.61. The van der Waals surface area contributed by atoms with Crippen molar-refractivity contribution in [2.24, 2.45) is 5.92 Å². The minimum Gasteiger partial charge on any atom is -0.460 e. The van der Waals surface area contributed by atoms with Crippen LogP contribution in [0.2, 0.25) is 0 Å². The second-order valence-electron chi connectivity index (χ2n) is 9.69. The summed E-state index contributed by atoms with van der Waals surface area (Å²) in [5.41, 5.74) is 0.0387. The first-order valence-corrected chi connectivity index (χ1v) is 10.6. The third-order valence-corrected chi connectivity index (χ3v) is 4.43. The summed E-state index contributed by atoms with van der Waals surface area (Å²) in [6.07, 6.45) is 1.45. The highest BCUT2D eigenvalue weighted by molar-refractivity contribution is 5.83. The molecular weight excluding hydrogens is 378 g/mol. The number of esters is 1. The molecule has 1 atom stereocenters. The molecule has 0 fully saturated rings. The van der Waals surface area contributed by atoms with Crippen molar-refractivity contribution in [1.82, 2.24) is 5.32 Å². The lowest BCUT2D eigenvalue weighted by molar-refractivity contribution is -0.160. The van der Waals surface area contributed by atoms with Gasteiger partial charge < -0.3 is 14.8 Å². The highest BCUT2D eigenvalue weighted by Crippen LogP contribution is 2.22. The normalized spacial score (nSPS) is 13.0. The first kappa shape index (κ1) is 23.7. The van der Waals surface area contributed by atoms with Crippen molar-refractivity contribution in [3.8, 4) is 0 Å². The van der Waals surface area contributed by atoms with E-state index < -0.39 is 17.3 Å². The summed E-state index contributed by atoms with van der Waals surface area (Å²) in [6, 6.07) is 14.5. The fraction of sp³-hybridized carbons (Fsp3) is 0.520. The number of carbonyl (C=O) groups is 2. The molecule has 0 aliphatic heterocycles. The van der Waals surface area contributed by atoms with E-state index in [1.54, 1.807) is 0 Å². The number of alkyl carbamates (subject to hydrolysis) is 1. The van der Waals surface area contributed by atoms with Gasteiger partial charge in [0.15, 0.2) is 0 Å². The molecule has 2 aromatic rings. The van der Waals surface area contributed by atoms with Crippen LogP contribution in [0.25, 0.3) is 10.8 Å². The Balaban J connectivity index is 2.01. The van der Waals surface area contributed by atoms with Gasteiger partial charge in [0.25, 0.3) is 0 Å². The molecule has 0 aliphatic rings. The Labute approximate surface area is 180 Å². The Morgan fingerprint density at radius 2 is 1.53 bits per heavy atom. The lowest BCUT2D eigenvalue weighted by Crippen LogP contribution is -2.34. The summed E-state index contributed by atoms with van der Waals surface area (Å²) in [7, 11) is 0. The smallest absolute Gasteiger partial charge is 0.407 e. The van der Waals surface area contributed by atoms with Crippen molar-refractivity contribution < 1.29 is 19.1 Å². The maximum atomic E-state index is 12.8. The van der Waals surface area contributed by atoms with E-state index in [4.69, 9.17) is 9.47 Å². The zero-order chi connectivity index (χ0) is 22.4. The Kier molecular flexibility index (Phi) is 7.88. The maximum absolute atomic E-state index is 12.8. The number of nitrogens with one attached hydrogen (secondary N) is 1. The third kappa shape index (κ3) is 8.44. The van der Waals surface area contributed by atoms with Crippen molar-refractivity contribution in [1.29, 1.82) is 0 Å². The number of hydrogen-bond donors (Lipinski definition) is 1. The standard InChI is InChI=1S/C25H35NO4/c1-24(2,3)29-22(27)21(12-9-15-26-23(28)30-25(4,5)6)17-18-13-14-19-10-7-8-11-20(19)16-18/h7-8,10-11,13-14,16,21H,9,12,15,17H2,1-6H3,(H,26,28)/t21-/m1/s1. The molecule has 0 bridgehead atoms. The van der Waals surface area contributed by atoms with Crippen LogP contribution in [-0.2, 0) is 20.7 Å². The summed E-state index contributed by atoms with van der Waals surface area (Å²) in [5, 5.41) is 5.09. The summed E-state index contributed by atoms with van der Waals surface area (Å²) in [5.74, 6) is -0.473. The molecule has 0 heterocycles. The number of carbonyl (C=O) groups excluding carboxylic acids is 2. The average molecular weight is 414 g/mol. The molecule has 0 saturated carbocycles. The van der Waals surface area contributed by atoms with Gasteiger partial charge in [-0.25, -0.2) is 4.79 Å². The minimum absolute atomic E-state index is 0.201. The second kappa shape index (κ2) is 9.96. The third-order valence-electron chi connectivity index (χ3n) is 4.43. The van der Waals surface area contributed by atoms with Gasteiger partial charge in [-0.15, -0.1) is 0 Å². The van der Waals surface area contributed by atoms with Gasteiger partial charge in [0.05, 0.1) is 5.92 Å². The second-order valence-corrected chi connectivity index (χ2v) is 9.69. The minimum atomic E-state index is -0.534. The monoisotopic (exact) mass is 413 g/mol. The molecule has 0 aliphatic carbocycles. The molecule has 0 aromatic heterocycles. The molecule has 30 heavy (non-hydrogen) atoms. The number of ether oxygens (including phenoxy) is 2. The highest BCUT2D eigenvalue weighted by Gasteiger charge is 2.25. The fourth-order valence-corrected chi connectivity index (χ4v) is 3.19. The van der Waals surface area contributed by atoms with Crippen LogP contribution in [0.4, 0.5) is 4.79 Å². The maximum Gasteiger partial charge on any atom is 0.407 e. The molecule has 2 rings (SSSR count). The predicted molar refractivity (Wildman–Crippen MR) is 120 cm³/mol. The lowest BCUT2D eigenvalue weighted by atomic mass is 9.93. The Morgan fingerprint density at radius 1 is 0.900 bits per heavy atom. The van der Waals surface area contributed by atoms with Gasteiger partial charge in [-0.05, 0) is 77.1 Å². The molecule has 0 spiro atoms. The van der Waals surface area contributed by atoms with Gasteiger partial charge in [-0.3, -0.25) is 4.79 Å². The van der Waals surface area contributed by atoms with Crippen LogP contribution >= 0.6 is 0 Å². The first-order valence-electron chi connectivity index (χ1n) is 10.6. The van der Waals surface area contributed by atoms with E-state index in [2.05, 4.69) is 35.6 Å². The van der Waals surface area contributed by atoms with Crippen LogP contribution in [0, 0.1) is 5.92 Å². The number of amides is 1. The van der Waals surface area contributed by atoms with E-state index in [0.29, 0.717) is 25.8 Å². The van der Waals surface area contributed by atoms with Gasteiger partial charge in [-0.1, -0.05) is 42.5 Å². The van der Waals surface area contributed by atoms with E-state index in [1.807, 2.05) is 53.7 Å². The van der Waals surface area contributed by atoms with E-state index >= 15 is 0 Å². The van der Waals surface area contributed by atoms with Crippen LogP contribution in [-0.4, -0.2) is 29.8 Å². The Morgan fingerprint density at radius 3 is 2.17 bits per heavy atom. The largest absolute Gasteiger partial charge is 0.460 e. The van der Waals surface area contributed by atoms with E-state index in [0.717, 1.165) is 10.9 Å². The van der Waals surface area contributed by atoms with Crippen molar-refractivity contribution >= 4 is 22.8 Å². The van der Waals surface area contributed by atoms with E-state index in [1.165, 1.54) is 5.39 Å². The van der Waals surface area contributed by atoms with Gasteiger partial charge in [0, 0.05) is 6.54 Å². The number of benzene rings is 2. The Hall–Kier alpha value is -2.56. The molecule has 2 aromatic carbocycles. The summed E-state index contributed by atoms with van der Waals surface area (Å²) < 4.78 is 10.9. The topological polar surface area (TPSA) is 64.6 Å². The molecule has 5 nitrogen and oxygen atoms in total. The van der Waals surface area contributed by atoms with Crippen LogP contribution in [0.5, 0.6) is 0 Å². The number of hydrogen-bond acceptors (Lipinski definition) is 4. The molecule has 5 heteroatoms. The van der Waals surface area contributed by atoms with Crippen LogP contribution < -0.4 is 5.32 Å². The van der Waals surface area contributed by atoms with Crippen molar-refractivity contribution in [2.45, 2.75) is 72.0 Å². The summed E-state index contributed by atoms with van der Waals surface area (Å²) >= 11 is 0. The molecule has 1 amide bonds. The quantitative estimate of drug-likeness (QED) is 0.471. The van der Waals surface area contributed by atoms with Crippen LogP contribution in [0.1, 0.15) is 59.9 Å². The van der Waals surface area contributed by atoms with Crippen molar-refractivity contribution in [3.05, 3.63) is 48.0 Å². The van der Waals surface area contributed by atoms with Gasteiger partial charge in [0.1, 0.15) is 11.2 Å². The molecule has 0 radical (unpaired) electrons. The van der Waals surface area contributed by atoms with E-state index in [-0.39, 0.29) is 11.9 Å². The van der Waals surface area contributed by atoms with Crippen LogP contribution in [0.15, 0.2) is 42.5 Å². The SMILES string of the molecule is CC(C)(C)OC(=O)NCCC[C@H](Cc1ccc2ccccc2c1)C(=O)OC(C)(C)C. The molecule has 0 saturated heterocycles. The molecule has 164 valence electrons. The van der Waals surface area contributed by atoms with Crippen molar-refractivity contribution in [3.63, 3.8) is 0 Å². The fourth-order valence-electron chi connectivity index (χ4n) is 3.19. The first-order chi connectivity index (χ1) is 13.9. The summed E-state index contributed by atoms with van der Waals surface area (Å²) in [6.45, 7) is 11.6. The number of fused-ring (bicyclic) bond motifs is 1. The predicted octanol–water partition coefficient (Wildman–Crippen LogP) is 5.65. The number of rotatable bonds is 7. The van der Waals surface area contributed by atoms with E-state index in [9.17, 15) is 9.59 Å². The zero-order valence-electron chi connectivity index (χ0n) is 19.1.